The highest BCUT2D eigenvalue weighted by Crippen LogP contribution is 2.19. The minimum atomic E-state index is 0.569. The monoisotopic (exact) mass is 191 g/mol. The molecule has 0 amide bonds. The molecule has 1 heterocycles. The Kier molecular flexibility index (Phi) is 3.12. The van der Waals surface area contributed by atoms with Gasteiger partial charge in [0.15, 0.2) is 0 Å². The van der Waals surface area contributed by atoms with E-state index in [9.17, 15) is 0 Å². The van der Waals surface area contributed by atoms with E-state index in [1.165, 1.54) is 5.56 Å². The Bertz CT molecular complexity index is 429. The van der Waals surface area contributed by atoms with Crippen molar-refractivity contribution in [2.45, 2.75) is 20.8 Å². The summed E-state index contributed by atoms with van der Waals surface area (Å²) < 4.78 is 1.91. The highest BCUT2D eigenvalue weighted by Gasteiger charge is 2.05. The molecule has 2 N–H and O–H groups in total. The Morgan fingerprint density at radius 3 is 2.50 bits per heavy atom. The third-order valence-corrected chi connectivity index (χ3v) is 2.13. The highest BCUT2D eigenvalue weighted by molar-refractivity contribution is 5.81. The molecular formula is C11H17N3. The van der Waals surface area contributed by atoms with E-state index in [1.807, 2.05) is 37.6 Å². The van der Waals surface area contributed by atoms with Crippen LogP contribution in [0.3, 0.4) is 0 Å². The lowest BCUT2D eigenvalue weighted by atomic mass is 10.2. The number of nitrogens with zero attached hydrogens (tertiary/aromatic N) is 2. The first kappa shape index (κ1) is 10.6. The van der Waals surface area contributed by atoms with E-state index < -0.39 is 0 Å². The van der Waals surface area contributed by atoms with Crippen LogP contribution in [-0.2, 0) is 7.05 Å². The molecule has 0 spiro atoms. The van der Waals surface area contributed by atoms with Gasteiger partial charge in [-0.05, 0) is 18.6 Å². The molecule has 0 bridgehead atoms. The van der Waals surface area contributed by atoms with E-state index in [0.29, 0.717) is 5.95 Å². The molecule has 0 aliphatic heterocycles. The molecule has 2 rings (SSSR count). The summed E-state index contributed by atoms with van der Waals surface area (Å²) in [4.78, 5) is 4.21. The quantitative estimate of drug-likeness (QED) is 0.695. The Labute approximate surface area is 84.6 Å². The molecule has 3 nitrogen and oxygen atoms in total. The van der Waals surface area contributed by atoms with Crippen LogP contribution in [0.4, 0.5) is 5.95 Å². The molecule has 1 aromatic carbocycles. The predicted octanol–water partition coefficient (Wildman–Crippen LogP) is 2.49. The SMILES string of the molecule is CC.Cc1cccc2nc(N)n(C)c12. The van der Waals surface area contributed by atoms with Crippen molar-refractivity contribution in [3.8, 4) is 0 Å². The topological polar surface area (TPSA) is 43.8 Å². The van der Waals surface area contributed by atoms with E-state index in [-0.39, 0.29) is 0 Å². The van der Waals surface area contributed by atoms with Crippen molar-refractivity contribution in [1.82, 2.24) is 9.55 Å². The number of anilines is 1. The fourth-order valence-corrected chi connectivity index (χ4v) is 1.48. The van der Waals surface area contributed by atoms with Crippen LogP contribution in [0.2, 0.25) is 0 Å². The molecule has 76 valence electrons. The van der Waals surface area contributed by atoms with E-state index >= 15 is 0 Å². The number of rotatable bonds is 0. The number of para-hydroxylation sites is 1. The fourth-order valence-electron chi connectivity index (χ4n) is 1.48. The van der Waals surface area contributed by atoms with Gasteiger partial charge in [-0.3, -0.25) is 0 Å². The second kappa shape index (κ2) is 4.13. The predicted molar refractivity (Wildman–Crippen MR) is 61.2 cm³/mol. The summed E-state index contributed by atoms with van der Waals surface area (Å²) in [5.41, 5.74) is 8.97. The maximum Gasteiger partial charge on any atom is 0.200 e. The van der Waals surface area contributed by atoms with Gasteiger partial charge in [-0.25, -0.2) is 4.98 Å². The zero-order valence-corrected chi connectivity index (χ0v) is 9.20. The van der Waals surface area contributed by atoms with Crippen molar-refractivity contribution >= 4 is 17.0 Å². The van der Waals surface area contributed by atoms with Crippen molar-refractivity contribution < 1.29 is 0 Å². The minimum absolute atomic E-state index is 0.569. The largest absolute Gasteiger partial charge is 0.369 e. The van der Waals surface area contributed by atoms with Crippen LogP contribution in [0.5, 0.6) is 0 Å². The molecule has 0 saturated heterocycles. The van der Waals surface area contributed by atoms with Crippen LogP contribution in [0.1, 0.15) is 19.4 Å². The maximum absolute atomic E-state index is 5.67. The molecule has 0 aliphatic carbocycles. The normalized spacial score (nSPS) is 9.71. The van der Waals surface area contributed by atoms with E-state index in [4.69, 9.17) is 5.73 Å². The first-order valence-corrected chi connectivity index (χ1v) is 4.87. The van der Waals surface area contributed by atoms with Crippen molar-refractivity contribution in [3.63, 3.8) is 0 Å². The van der Waals surface area contributed by atoms with E-state index in [1.54, 1.807) is 0 Å². The van der Waals surface area contributed by atoms with Gasteiger partial charge in [-0.15, -0.1) is 0 Å². The first-order chi connectivity index (χ1) is 6.70. The molecule has 1 aromatic heterocycles. The Balaban J connectivity index is 0.000000461. The number of imidazole rings is 1. The van der Waals surface area contributed by atoms with Gasteiger partial charge in [0, 0.05) is 7.05 Å². The van der Waals surface area contributed by atoms with E-state index in [2.05, 4.69) is 18.0 Å². The van der Waals surface area contributed by atoms with Crippen LogP contribution in [0.25, 0.3) is 11.0 Å². The summed E-state index contributed by atoms with van der Waals surface area (Å²) in [6.07, 6.45) is 0. The molecule has 0 radical (unpaired) electrons. The molecule has 0 unspecified atom stereocenters. The summed E-state index contributed by atoms with van der Waals surface area (Å²) in [6.45, 7) is 6.06. The average Bonchev–Trinajstić information content (AvgIpc) is 2.47. The summed E-state index contributed by atoms with van der Waals surface area (Å²) in [5.74, 6) is 0.569. The molecule has 14 heavy (non-hydrogen) atoms. The van der Waals surface area contributed by atoms with Crippen LogP contribution < -0.4 is 5.73 Å². The smallest absolute Gasteiger partial charge is 0.200 e. The first-order valence-electron chi connectivity index (χ1n) is 4.87. The van der Waals surface area contributed by atoms with E-state index in [0.717, 1.165) is 11.0 Å². The van der Waals surface area contributed by atoms with Gasteiger partial charge in [-0.2, -0.15) is 0 Å². The molecular weight excluding hydrogens is 174 g/mol. The Morgan fingerprint density at radius 1 is 1.29 bits per heavy atom. The van der Waals surface area contributed by atoms with Gasteiger partial charge < -0.3 is 10.3 Å². The number of aromatic nitrogens is 2. The highest BCUT2D eigenvalue weighted by atomic mass is 15.1. The molecule has 3 heteroatoms. The third-order valence-electron chi connectivity index (χ3n) is 2.13. The van der Waals surface area contributed by atoms with Crippen molar-refractivity contribution in [3.05, 3.63) is 23.8 Å². The van der Waals surface area contributed by atoms with Gasteiger partial charge in [-0.1, -0.05) is 26.0 Å². The van der Waals surface area contributed by atoms with Crippen molar-refractivity contribution in [2.75, 3.05) is 5.73 Å². The number of benzene rings is 1. The lowest BCUT2D eigenvalue weighted by molar-refractivity contribution is 0.961. The van der Waals surface area contributed by atoms with Gasteiger partial charge in [0.25, 0.3) is 0 Å². The minimum Gasteiger partial charge on any atom is -0.369 e. The Morgan fingerprint density at radius 2 is 1.93 bits per heavy atom. The Hall–Kier alpha value is -1.51. The van der Waals surface area contributed by atoms with Crippen LogP contribution in [0, 0.1) is 6.92 Å². The van der Waals surface area contributed by atoms with Crippen LogP contribution in [0.15, 0.2) is 18.2 Å². The number of aryl methyl sites for hydroxylation is 2. The van der Waals surface area contributed by atoms with Gasteiger partial charge >= 0.3 is 0 Å². The third kappa shape index (κ3) is 1.58. The standard InChI is InChI=1S/C9H11N3.C2H6/c1-6-4-3-5-7-8(6)12(2)9(10)11-7;1-2/h3-5H,1-2H3,(H2,10,11);1-2H3. The second-order valence-corrected chi connectivity index (χ2v) is 2.97. The molecule has 0 fully saturated rings. The summed E-state index contributed by atoms with van der Waals surface area (Å²) in [5, 5.41) is 0. The van der Waals surface area contributed by atoms with Crippen LogP contribution >= 0.6 is 0 Å². The molecule has 0 aliphatic rings. The summed E-state index contributed by atoms with van der Waals surface area (Å²) in [6, 6.07) is 6.02. The number of nitrogen functional groups attached to an aromatic ring is 1. The number of fused-ring (bicyclic) bond motifs is 1. The summed E-state index contributed by atoms with van der Waals surface area (Å²) >= 11 is 0. The van der Waals surface area contributed by atoms with Crippen LogP contribution in [-0.4, -0.2) is 9.55 Å². The van der Waals surface area contributed by atoms with Gasteiger partial charge in [0.1, 0.15) is 0 Å². The molecule has 2 aromatic rings. The average molecular weight is 191 g/mol. The number of hydrogen-bond acceptors (Lipinski definition) is 2. The number of nitrogens with two attached hydrogens (primary N) is 1. The number of hydrogen-bond donors (Lipinski definition) is 1. The molecule has 0 atom stereocenters. The lowest BCUT2D eigenvalue weighted by Gasteiger charge is -1.98. The maximum atomic E-state index is 5.67. The zero-order valence-electron chi connectivity index (χ0n) is 9.20. The summed E-state index contributed by atoms with van der Waals surface area (Å²) in [7, 11) is 1.93. The van der Waals surface area contributed by atoms with Crippen molar-refractivity contribution in [1.29, 1.82) is 0 Å². The second-order valence-electron chi connectivity index (χ2n) is 2.97. The molecule has 0 saturated carbocycles. The zero-order chi connectivity index (χ0) is 10.7. The fraction of sp³-hybridized carbons (Fsp3) is 0.364. The lowest BCUT2D eigenvalue weighted by Crippen LogP contribution is -1.96. The van der Waals surface area contributed by atoms with Gasteiger partial charge in [0.2, 0.25) is 5.95 Å². The van der Waals surface area contributed by atoms with Crippen molar-refractivity contribution in [2.24, 2.45) is 7.05 Å². The van der Waals surface area contributed by atoms with Gasteiger partial charge in [0.05, 0.1) is 11.0 Å².